The number of hydrogen-bond acceptors (Lipinski definition) is 7. The Bertz CT molecular complexity index is 1090. The molecular weight excluding hydrogens is 388 g/mol. The molecule has 0 saturated carbocycles. The van der Waals surface area contributed by atoms with Gasteiger partial charge in [-0.25, -0.2) is 4.98 Å². The Morgan fingerprint density at radius 3 is 2.45 bits per heavy atom. The summed E-state index contributed by atoms with van der Waals surface area (Å²) in [7, 11) is 3.17. The zero-order chi connectivity index (χ0) is 20.8. The van der Waals surface area contributed by atoms with Crippen LogP contribution in [-0.4, -0.2) is 25.2 Å². The number of allylic oxidation sites excluding steroid dienone is 1. The molecule has 0 radical (unpaired) electrons. The summed E-state index contributed by atoms with van der Waals surface area (Å²) >= 11 is 1.39. The van der Waals surface area contributed by atoms with Crippen LogP contribution in [-0.2, 0) is 4.79 Å². The maximum atomic E-state index is 11.0. The minimum atomic E-state index is -0.378. The van der Waals surface area contributed by atoms with E-state index in [1.165, 1.54) is 18.3 Å². The van der Waals surface area contributed by atoms with Crippen molar-refractivity contribution < 1.29 is 19.0 Å². The molecule has 3 rings (SSSR count). The predicted octanol–water partition coefficient (Wildman–Crippen LogP) is 4.82. The molecular formula is C22H18N2O4S. The van der Waals surface area contributed by atoms with E-state index in [2.05, 4.69) is 11.1 Å². The maximum absolute atomic E-state index is 11.0. The van der Waals surface area contributed by atoms with Gasteiger partial charge in [-0.1, -0.05) is 12.1 Å². The number of hydrogen-bond donors (Lipinski definition) is 0. The van der Waals surface area contributed by atoms with E-state index < -0.39 is 0 Å². The fraction of sp³-hybridized carbons (Fsp3) is 0.136. The van der Waals surface area contributed by atoms with Crippen molar-refractivity contribution in [3.05, 3.63) is 58.4 Å². The highest BCUT2D eigenvalue weighted by Crippen LogP contribution is 2.34. The summed E-state index contributed by atoms with van der Waals surface area (Å²) in [6.07, 6.45) is 1.74. The van der Waals surface area contributed by atoms with Crippen molar-refractivity contribution in [2.24, 2.45) is 0 Å². The van der Waals surface area contributed by atoms with Crippen molar-refractivity contribution in [1.82, 2.24) is 4.98 Å². The molecule has 0 atom stereocenters. The van der Waals surface area contributed by atoms with Crippen LogP contribution in [0, 0.1) is 11.3 Å². The first-order valence-electron chi connectivity index (χ1n) is 8.62. The standard InChI is InChI=1S/C22H18N2O4S/c1-14(25)28-18-7-4-15(5-8-18)10-17(12-23)22-24-19(13-29-22)16-6-9-20(26-2)21(11-16)27-3/h4-11,13H,1-3H3. The van der Waals surface area contributed by atoms with Gasteiger partial charge in [0.1, 0.15) is 16.8 Å². The molecule has 0 aliphatic carbocycles. The van der Waals surface area contributed by atoms with Gasteiger partial charge in [0.05, 0.1) is 25.5 Å². The largest absolute Gasteiger partial charge is 0.493 e. The Morgan fingerprint density at radius 1 is 1.10 bits per heavy atom. The highest BCUT2D eigenvalue weighted by molar-refractivity contribution is 7.11. The van der Waals surface area contributed by atoms with Crippen LogP contribution in [0.5, 0.6) is 17.2 Å². The summed E-state index contributed by atoms with van der Waals surface area (Å²) in [6.45, 7) is 1.35. The van der Waals surface area contributed by atoms with E-state index in [0.717, 1.165) is 16.8 Å². The first-order chi connectivity index (χ1) is 14.0. The Hall–Kier alpha value is -3.63. The van der Waals surface area contributed by atoms with Crippen LogP contribution < -0.4 is 14.2 Å². The van der Waals surface area contributed by atoms with Gasteiger partial charge in [-0.2, -0.15) is 5.26 Å². The average Bonchev–Trinajstić information content (AvgIpc) is 3.22. The topological polar surface area (TPSA) is 81.4 Å². The highest BCUT2D eigenvalue weighted by Gasteiger charge is 2.12. The molecule has 6 nitrogen and oxygen atoms in total. The molecule has 0 saturated heterocycles. The first-order valence-corrected chi connectivity index (χ1v) is 9.50. The number of carbonyl (C=O) groups is 1. The molecule has 0 amide bonds. The number of rotatable bonds is 6. The molecule has 0 N–H and O–H groups in total. The normalized spacial score (nSPS) is 10.9. The maximum Gasteiger partial charge on any atom is 0.308 e. The van der Waals surface area contributed by atoms with Crippen LogP contribution >= 0.6 is 11.3 Å². The second-order valence-corrected chi connectivity index (χ2v) is 6.80. The van der Waals surface area contributed by atoms with Crippen LogP contribution in [0.1, 0.15) is 17.5 Å². The number of aromatic nitrogens is 1. The summed E-state index contributed by atoms with van der Waals surface area (Å²) in [4.78, 5) is 15.6. The molecule has 0 spiro atoms. The van der Waals surface area contributed by atoms with Crippen LogP contribution in [0.2, 0.25) is 0 Å². The number of nitrogens with zero attached hydrogens (tertiary/aromatic N) is 2. The lowest BCUT2D eigenvalue weighted by molar-refractivity contribution is -0.131. The summed E-state index contributed by atoms with van der Waals surface area (Å²) in [6, 6.07) is 14.7. The summed E-state index contributed by atoms with van der Waals surface area (Å²) in [5.74, 6) is 1.33. The number of thiazole rings is 1. The Kier molecular flexibility index (Phi) is 6.27. The lowest BCUT2D eigenvalue weighted by atomic mass is 10.1. The van der Waals surface area contributed by atoms with E-state index >= 15 is 0 Å². The van der Waals surface area contributed by atoms with Gasteiger partial charge in [-0.3, -0.25) is 4.79 Å². The monoisotopic (exact) mass is 406 g/mol. The Morgan fingerprint density at radius 2 is 1.83 bits per heavy atom. The zero-order valence-corrected chi connectivity index (χ0v) is 16.9. The van der Waals surface area contributed by atoms with Gasteiger partial charge < -0.3 is 14.2 Å². The summed E-state index contributed by atoms with van der Waals surface area (Å²) in [5, 5.41) is 12.1. The van der Waals surface area contributed by atoms with Crippen molar-refractivity contribution in [3.63, 3.8) is 0 Å². The van der Waals surface area contributed by atoms with Gasteiger partial charge in [0.15, 0.2) is 11.5 Å². The van der Waals surface area contributed by atoms with Gasteiger partial charge in [-0.05, 0) is 42.0 Å². The van der Waals surface area contributed by atoms with Crippen LogP contribution in [0.15, 0.2) is 47.8 Å². The molecule has 7 heteroatoms. The molecule has 3 aromatic rings. The molecule has 0 aliphatic rings. The van der Waals surface area contributed by atoms with Crippen molar-refractivity contribution in [2.75, 3.05) is 14.2 Å². The number of ether oxygens (including phenoxy) is 3. The molecule has 0 bridgehead atoms. The number of nitriles is 1. The third-order valence-electron chi connectivity index (χ3n) is 3.99. The number of methoxy groups -OCH3 is 2. The first kappa shape index (κ1) is 20.1. The SMILES string of the molecule is COc1ccc(-c2csc(C(C#N)=Cc3ccc(OC(C)=O)cc3)n2)cc1OC. The second-order valence-electron chi connectivity index (χ2n) is 5.94. The van der Waals surface area contributed by atoms with Crippen LogP contribution in [0.3, 0.4) is 0 Å². The molecule has 1 aromatic heterocycles. The van der Waals surface area contributed by atoms with E-state index in [9.17, 15) is 10.1 Å². The minimum absolute atomic E-state index is 0.378. The average molecular weight is 406 g/mol. The minimum Gasteiger partial charge on any atom is -0.493 e. The fourth-order valence-corrected chi connectivity index (χ4v) is 3.43. The third kappa shape index (κ3) is 4.81. The molecule has 0 aliphatic heterocycles. The van der Waals surface area contributed by atoms with Crippen LogP contribution in [0.25, 0.3) is 22.9 Å². The van der Waals surface area contributed by atoms with Gasteiger partial charge >= 0.3 is 5.97 Å². The van der Waals surface area contributed by atoms with Gasteiger partial charge in [0, 0.05) is 17.9 Å². The van der Waals surface area contributed by atoms with E-state index in [0.29, 0.717) is 27.8 Å². The molecule has 29 heavy (non-hydrogen) atoms. The Labute approximate surface area is 172 Å². The second kappa shape index (κ2) is 9.04. The lowest BCUT2D eigenvalue weighted by Crippen LogP contribution is -2.00. The van der Waals surface area contributed by atoms with Crippen LogP contribution in [0.4, 0.5) is 0 Å². The lowest BCUT2D eigenvalue weighted by Gasteiger charge is -2.08. The summed E-state index contributed by atoms with van der Waals surface area (Å²) < 4.78 is 15.6. The molecule has 2 aromatic carbocycles. The van der Waals surface area contributed by atoms with Gasteiger partial charge in [-0.15, -0.1) is 11.3 Å². The van der Waals surface area contributed by atoms with Gasteiger partial charge in [0.25, 0.3) is 0 Å². The van der Waals surface area contributed by atoms with Gasteiger partial charge in [0.2, 0.25) is 0 Å². The van der Waals surface area contributed by atoms with Crippen molar-refractivity contribution in [1.29, 1.82) is 5.26 Å². The zero-order valence-electron chi connectivity index (χ0n) is 16.1. The van der Waals surface area contributed by atoms with Crippen molar-refractivity contribution in [2.45, 2.75) is 6.92 Å². The molecule has 146 valence electrons. The number of benzene rings is 2. The van der Waals surface area contributed by atoms with Crippen molar-refractivity contribution in [3.8, 4) is 34.6 Å². The van der Waals surface area contributed by atoms with E-state index in [-0.39, 0.29) is 5.97 Å². The third-order valence-corrected chi connectivity index (χ3v) is 4.86. The van der Waals surface area contributed by atoms with Crippen molar-refractivity contribution >= 4 is 29.0 Å². The molecule has 0 fully saturated rings. The molecule has 1 heterocycles. The van der Waals surface area contributed by atoms with E-state index in [1.807, 2.05) is 23.6 Å². The molecule has 0 unspecified atom stereocenters. The quantitative estimate of drug-likeness (QED) is 0.332. The highest BCUT2D eigenvalue weighted by atomic mass is 32.1. The Balaban J connectivity index is 1.87. The van der Waals surface area contributed by atoms with E-state index in [4.69, 9.17) is 14.2 Å². The predicted molar refractivity (Wildman–Crippen MR) is 112 cm³/mol. The fourth-order valence-electron chi connectivity index (χ4n) is 2.63. The van der Waals surface area contributed by atoms with E-state index in [1.54, 1.807) is 44.6 Å². The number of esters is 1. The summed E-state index contributed by atoms with van der Waals surface area (Å²) in [5.41, 5.74) is 2.87. The smallest absolute Gasteiger partial charge is 0.308 e. The number of carbonyl (C=O) groups excluding carboxylic acids is 1.